The van der Waals surface area contributed by atoms with Gasteiger partial charge in [-0.2, -0.15) is 0 Å². The highest BCUT2D eigenvalue weighted by Crippen LogP contribution is 2.27. The third-order valence-electron chi connectivity index (χ3n) is 3.97. The van der Waals surface area contributed by atoms with Crippen LogP contribution in [-0.2, 0) is 9.53 Å². The van der Waals surface area contributed by atoms with E-state index in [1.54, 1.807) is 7.11 Å². The lowest BCUT2D eigenvalue weighted by atomic mass is 9.88. The molecular formula is C12H22N2O2. The van der Waals surface area contributed by atoms with Gasteiger partial charge in [-0.25, -0.2) is 0 Å². The van der Waals surface area contributed by atoms with Crippen LogP contribution in [0.5, 0.6) is 0 Å². The second kappa shape index (κ2) is 4.72. The molecule has 0 radical (unpaired) electrons. The summed E-state index contributed by atoms with van der Waals surface area (Å²) in [4.78, 5) is 12.1. The smallest absolute Gasteiger partial charge is 0.227 e. The average Bonchev–Trinajstić information content (AvgIpc) is 2.88. The topological polar surface area (TPSA) is 50.4 Å². The first-order valence-corrected chi connectivity index (χ1v) is 6.18. The van der Waals surface area contributed by atoms with E-state index in [0.717, 1.165) is 38.8 Å². The molecule has 1 aliphatic carbocycles. The second-order valence-corrected chi connectivity index (χ2v) is 5.33. The lowest BCUT2D eigenvalue weighted by molar-refractivity contribution is -0.130. The number of methoxy groups -OCH3 is 1. The monoisotopic (exact) mass is 226 g/mol. The van der Waals surface area contributed by atoms with Crippen molar-refractivity contribution in [3.8, 4) is 0 Å². The van der Waals surface area contributed by atoms with Gasteiger partial charge in [-0.3, -0.25) is 4.79 Å². The molecule has 4 nitrogen and oxygen atoms in total. The van der Waals surface area contributed by atoms with Gasteiger partial charge in [0.05, 0.1) is 11.5 Å². The Hall–Kier alpha value is -0.610. The summed E-state index contributed by atoms with van der Waals surface area (Å²) in [6.07, 6.45) is 4.36. The summed E-state index contributed by atoms with van der Waals surface area (Å²) < 4.78 is 5.31. The fraction of sp³-hybridized carbons (Fsp3) is 0.917. The Labute approximate surface area is 97.1 Å². The van der Waals surface area contributed by atoms with E-state index in [9.17, 15) is 4.79 Å². The first-order chi connectivity index (χ1) is 7.64. The SMILES string of the molecule is COC1CCC(NC(=O)C2(C)CCNC2)C1. The van der Waals surface area contributed by atoms with Crippen molar-refractivity contribution in [2.75, 3.05) is 20.2 Å². The van der Waals surface area contributed by atoms with Crippen LogP contribution in [0.2, 0.25) is 0 Å². The predicted octanol–water partition coefficient (Wildman–Crippen LogP) is 0.670. The van der Waals surface area contributed by atoms with Crippen molar-refractivity contribution in [2.45, 2.75) is 44.8 Å². The van der Waals surface area contributed by atoms with E-state index in [-0.39, 0.29) is 11.3 Å². The van der Waals surface area contributed by atoms with Crippen molar-refractivity contribution in [1.82, 2.24) is 10.6 Å². The molecule has 1 aliphatic heterocycles. The van der Waals surface area contributed by atoms with Crippen molar-refractivity contribution < 1.29 is 9.53 Å². The summed E-state index contributed by atoms with van der Waals surface area (Å²) in [5.41, 5.74) is -0.203. The molecule has 2 rings (SSSR count). The molecule has 1 amide bonds. The van der Waals surface area contributed by atoms with Crippen LogP contribution in [0.3, 0.4) is 0 Å². The fourth-order valence-electron chi connectivity index (χ4n) is 2.66. The Morgan fingerprint density at radius 3 is 2.88 bits per heavy atom. The molecule has 16 heavy (non-hydrogen) atoms. The number of hydrogen-bond donors (Lipinski definition) is 2. The van der Waals surface area contributed by atoms with E-state index >= 15 is 0 Å². The molecule has 2 fully saturated rings. The molecule has 2 N–H and O–H groups in total. The van der Waals surface area contributed by atoms with Crippen LogP contribution >= 0.6 is 0 Å². The predicted molar refractivity (Wildman–Crippen MR) is 62.2 cm³/mol. The number of rotatable bonds is 3. The highest BCUT2D eigenvalue weighted by Gasteiger charge is 2.38. The molecule has 0 spiro atoms. The van der Waals surface area contributed by atoms with E-state index in [1.807, 2.05) is 6.92 Å². The highest BCUT2D eigenvalue weighted by molar-refractivity contribution is 5.83. The summed E-state index contributed by atoms with van der Waals surface area (Å²) in [6.45, 7) is 3.81. The maximum Gasteiger partial charge on any atom is 0.227 e. The lowest BCUT2D eigenvalue weighted by Crippen LogP contribution is -2.44. The largest absolute Gasteiger partial charge is 0.381 e. The highest BCUT2D eigenvalue weighted by atomic mass is 16.5. The van der Waals surface area contributed by atoms with Gasteiger partial charge >= 0.3 is 0 Å². The van der Waals surface area contributed by atoms with Crippen LogP contribution in [0, 0.1) is 5.41 Å². The van der Waals surface area contributed by atoms with Crippen molar-refractivity contribution in [2.24, 2.45) is 5.41 Å². The Bertz CT molecular complexity index is 262. The first kappa shape index (κ1) is 11.9. The number of ether oxygens (including phenoxy) is 1. The van der Waals surface area contributed by atoms with Crippen molar-refractivity contribution in [3.05, 3.63) is 0 Å². The zero-order valence-corrected chi connectivity index (χ0v) is 10.2. The van der Waals surface area contributed by atoms with Crippen molar-refractivity contribution >= 4 is 5.91 Å². The number of carbonyl (C=O) groups is 1. The zero-order chi connectivity index (χ0) is 11.6. The van der Waals surface area contributed by atoms with Crippen molar-refractivity contribution in [3.63, 3.8) is 0 Å². The molecule has 0 aromatic carbocycles. The quantitative estimate of drug-likeness (QED) is 0.743. The van der Waals surface area contributed by atoms with Crippen LogP contribution in [0.15, 0.2) is 0 Å². The third-order valence-corrected chi connectivity index (χ3v) is 3.97. The van der Waals surface area contributed by atoms with Crippen LogP contribution in [-0.4, -0.2) is 38.3 Å². The molecule has 0 bridgehead atoms. The fourth-order valence-corrected chi connectivity index (χ4v) is 2.66. The summed E-state index contributed by atoms with van der Waals surface area (Å²) >= 11 is 0. The first-order valence-electron chi connectivity index (χ1n) is 6.18. The molecule has 0 aromatic rings. The van der Waals surface area contributed by atoms with Gasteiger partial charge in [-0.1, -0.05) is 0 Å². The molecule has 1 saturated carbocycles. The Kier molecular flexibility index (Phi) is 3.50. The molecule has 1 saturated heterocycles. The maximum absolute atomic E-state index is 12.1. The molecule has 1 heterocycles. The van der Waals surface area contributed by atoms with Gasteiger partial charge in [0, 0.05) is 19.7 Å². The Morgan fingerprint density at radius 2 is 2.31 bits per heavy atom. The van der Waals surface area contributed by atoms with Crippen LogP contribution in [0.25, 0.3) is 0 Å². The Balaban J connectivity index is 1.83. The number of nitrogens with one attached hydrogen (secondary N) is 2. The second-order valence-electron chi connectivity index (χ2n) is 5.33. The minimum atomic E-state index is -0.203. The summed E-state index contributed by atoms with van der Waals surface area (Å²) in [7, 11) is 1.75. The Morgan fingerprint density at radius 1 is 1.50 bits per heavy atom. The minimum Gasteiger partial charge on any atom is -0.381 e. The summed E-state index contributed by atoms with van der Waals surface area (Å²) in [5.74, 6) is 0.208. The van der Waals surface area contributed by atoms with Gasteiger partial charge in [0.1, 0.15) is 0 Å². The van der Waals surface area contributed by atoms with E-state index in [2.05, 4.69) is 10.6 Å². The van der Waals surface area contributed by atoms with Gasteiger partial charge < -0.3 is 15.4 Å². The molecular weight excluding hydrogens is 204 g/mol. The molecule has 4 heteroatoms. The number of carbonyl (C=O) groups excluding carboxylic acids is 1. The van der Waals surface area contributed by atoms with E-state index < -0.39 is 0 Å². The van der Waals surface area contributed by atoms with Crippen LogP contribution in [0.4, 0.5) is 0 Å². The molecule has 92 valence electrons. The standard InChI is InChI=1S/C12H22N2O2/c1-12(5-6-13-8-12)11(15)14-9-3-4-10(7-9)16-2/h9-10,13H,3-8H2,1-2H3,(H,14,15). The van der Waals surface area contributed by atoms with E-state index in [0.29, 0.717) is 12.1 Å². The van der Waals surface area contributed by atoms with Crippen LogP contribution in [0.1, 0.15) is 32.6 Å². The molecule has 0 aromatic heterocycles. The van der Waals surface area contributed by atoms with E-state index in [1.165, 1.54) is 0 Å². The third kappa shape index (κ3) is 2.38. The van der Waals surface area contributed by atoms with Gasteiger partial charge in [-0.15, -0.1) is 0 Å². The maximum atomic E-state index is 12.1. The van der Waals surface area contributed by atoms with Gasteiger partial charge in [0.25, 0.3) is 0 Å². The van der Waals surface area contributed by atoms with E-state index in [4.69, 9.17) is 4.74 Å². The number of amides is 1. The molecule has 3 atom stereocenters. The summed E-state index contributed by atoms with van der Waals surface area (Å²) in [6, 6.07) is 0.315. The molecule has 3 unspecified atom stereocenters. The summed E-state index contributed by atoms with van der Waals surface area (Å²) in [5, 5.41) is 6.42. The van der Waals surface area contributed by atoms with Gasteiger partial charge in [0.2, 0.25) is 5.91 Å². The van der Waals surface area contributed by atoms with Crippen LogP contribution < -0.4 is 10.6 Å². The lowest BCUT2D eigenvalue weighted by Gasteiger charge is -2.24. The minimum absolute atomic E-state index is 0.203. The van der Waals surface area contributed by atoms with Gasteiger partial charge in [-0.05, 0) is 39.2 Å². The normalized spacial score (nSPS) is 38.9. The average molecular weight is 226 g/mol. The molecule has 2 aliphatic rings. The van der Waals surface area contributed by atoms with Crippen molar-refractivity contribution in [1.29, 1.82) is 0 Å². The zero-order valence-electron chi connectivity index (χ0n) is 10.2. The van der Waals surface area contributed by atoms with Gasteiger partial charge in [0.15, 0.2) is 0 Å². The number of hydrogen-bond acceptors (Lipinski definition) is 3.